The highest BCUT2D eigenvalue weighted by atomic mass is 16.5. The van der Waals surface area contributed by atoms with Crippen LogP contribution in [0.4, 0.5) is 22.7 Å². The fourth-order valence-corrected chi connectivity index (χ4v) is 33.9. The molecule has 2 unspecified atom stereocenters. The molecule has 0 aromatic heterocycles. The summed E-state index contributed by atoms with van der Waals surface area (Å²) in [5.74, 6) is -0.688. The van der Waals surface area contributed by atoms with Crippen LogP contribution in [0.5, 0.6) is 11.5 Å². The molecule has 24 atom stereocenters. The summed E-state index contributed by atoms with van der Waals surface area (Å²) in [6.45, 7) is 8.26. The molecule has 20 nitrogen and oxygen atoms in total. The molecule has 0 amide bonds. The van der Waals surface area contributed by atoms with Crippen LogP contribution in [-0.4, -0.2) is 206 Å². The average Bonchev–Trinajstić information content (AvgIpc) is 1.45. The summed E-state index contributed by atoms with van der Waals surface area (Å²) in [5.41, 5.74) is 3.79. The van der Waals surface area contributed by atoms with Crippen LogP contribution in [0, 0.1) is 44.3 Å². The van der Waals surface area contributed by atoms with Crippen LogP contribution in [0.25, 0.3) is 0 Å². The molecule has 4 aliphatic carbocycles. The molecule has 15 fully saturated rings. The third kappa shape index (κ3) is 5.86. The first-order valence-electron chi connectivity index (χ1n) is 39.9. The molecular weight excluding hydrogens is 1310 g/mol. The molecule has 540 valence electrons. The van der Waals surface area contributed by atoms with E-state index in [1.54, 1.807) is 7.11 Å². The van der Waals surface area contributed by atoms with E-state index in [1.165, 1.54) is 23.1 Å². The summed E-state index contributed by atoms with van der Waals surface area (Å²) in [4.78, 5) is 45.7. The Balaban J connectivity index is 0.711. The van der Waals surface area contributed by atoms with Crippen LogP contribution in [0.2, 0.25) is 0 Å². The number of phenolic OH excluding ortho intramolecular Hbond substituents is 2. The van der Waals surface area contributed by atoms with Crippen molar-refractivity contribution in [3.8, 4) is 11.5 Å². The van der Waals surface area contributed by atoms with E-state index in [0.717, 1.165) is 135 Å². The molecule has 4 aromatic rings. The third-order valence-corrected chi connectivity index (χ3v) is 35.4. The van der Waals surface area contributed by atoms with Gasteiger partial charge in [-0.25, -0.2) is 9.59 Å². The number of aromatic hydroxyl groups is 2. The van der Waals surface area contributed by atoms with Gasteiger partial charge in [-0.15, -0.1) is 0 Å². The molecule has 0 radical (unpaired) electrons. The zero-order valence-corrected chi connectivity index (χ0v) is 59.4. The Hall–Kier alpha value is -6.72. The summed E-state index contributed by atoms with van der Waals surface area (Å²) in [6.07, 6.45) is 13.4. The van der Waals surface area contributed by atoms with Crippen LogP contribution < -0.4 is 25.3 Å². The summed E-state index contributed by atoms with van der Waals surface area (Å²) in [7, 11) is 3.08. The maximum absolute atomic E-state index is 15.8. The number of fused-ring (bicyclic) bond motifs is 8. The Bertz CT molecular complexity index is 4800. The van der Waals surface area contributed by atoms with E-state index < -0.39 is 54.8 Å². The number of benzene rings is 4. The van der Waals surface area contributed by atoms with Crippen LogP contribution in [0.15, 0.2) is 119 Å². The Morgan fingerprint density at radius 3 is 1.69 bits per heavy atom. The first-order valence-corrected chi connectivity index (χ1v) is 39.9. The van der Waals surface area contributed by atoms with Gasteiger partial charge in [-0.05, 0) is 150 Å². The minimum absolute atomic E-state index is 0.0496. The first kappa shape index (κ1) is 60.3. The molecule has 18 aliphatic heterocycles. The number of nitrogens with zero attached hydrogens (tertiary/aromatic N) is 5. The lowest BCUT2D eigenvalue weighted by Crippen LogP contribution is -3.23. The number of methoxy groups -OCH3 is 2. The quantitative estimate of drug-likeness (QED) is 0.114. The minimum atomic E-state index is -1.32. The van der Waals surface area contributed by atoms with Gasteiger partial charge < -0.3 is 79.1 Å². The van der Waals surface area contributed by atoms with E-state index in [2.05, 4.69) is 102 Å². The maximum Gasteiger partial charge on any atom is 0.335 e. The number of carbonyl (C=O) groups excluding carboxylic acids is 2. The van der Waals surface area contributed by atoms with Crippen molar-refractivity contribution in [1.82, 2.24) is 14.7 Å². The van der Waals surface area contributed by atoms with E-state index >= 15 is 9.59 Å². The van der Waals surface area contributed by atoms with Gasteiger partial charge in [-0.3, -0.25) is 9.80 Å². The number of esters is 2. The summed E-state index contributed by atoms with van der Waals surface area (Å²) in [6, 6.07) is 29.4. The molecule has 4 aromatic carbocycles. The number of hydrogen-bond acceptors (Lipinski definition) is 19. The zero-order chi connectivity index (χ0) is 69.0. The largest absolute Gasteiger partial charge is 0.506 e. The lowest BCUT2D eigenvalue weighted by molar-refractivity contribution is -0.955. The molecule has 18 heterocycles. The Labute approximate surface area is 604 Å². The number of nitrogens with one attached hydrogen (secondary N) is 3. The second-order valence-electron chi connectivity index (χ2n) is 37.7. The standard InChI is InChI=1S/C84H92N8O12/c1-99-65(95)47-37-77-23-31-104-72(77)74(34-46-36-76-22-30-102-60(76)18-26-88-28-20-81(69(76)88)52-12-8-16-58(94)62(52)92(44-74)84(46,81)98)42-90-56(39-79(67(77)90)49-9-3-5-13-54(49)85-63(47)79)53-40-89-41-73(71-78(24-32-103-71)38-48(66(96)100-2)64-82(53,70(78)89)50-10-4-6-14-55(50)86-64)33-45-35-75-21-29-101-59(75)17-25-87-27-19-80(68(75)87)51-11-7-15-57(93)61(51)91(43-73)83(45,80)97/h3-16,40,45-46,56,59-60,67-72,85-86,93-94,97-98H,17-39,41-44H2,1-2H3/p+1/t45-,46-,56?,59+,60+,67+,68+,69+,70+,71+,72+,73+,74+,75-,76-,77+,78+,79+,80-,81-,82-,83-,84-/m1/s1. The van der Waals surface area contributed by atoms with Gasteiger partial charge in [0.25, 0.3) is 0 Å². The van der Waals surface area contributed by atoms with E-state index in [9.17, 15) is 20.4 Å². The molecule has 22 aliphatic rings. The zero-order valence-electron chi connectivity index (χ0n) is 59.4. The molecule has 10 spiro atoms. The van der Waals surface area contributed by atoms with Gasteiger partial charge in [0.1, 0.15) is 23.6 Å². The van der Waals surface area contributed by atoms with Crippen LogP contribution >= 0.6 is 0 Å². The Morgan fingerprint density at radius 1 is 0.538 bits per heavy atom. The highest BCUT2D eigenvalue weighted by Gasteiger charge is 2.89. The number of para-hydroxylation sites is 4. The van der Waals surface area contributed by atoms with Crippen LogP contribution in [-0.2, 0) is 59.7 Å². The third-order valence-electron chi connectivity index (χ3n) is 35.4. The van der Waals surface area contributed by atoms with Gasteiger partial charge in [0.05, 0.1) is 106 Å². The van der Waals surface area contributed by atoms with E-state index in [4.69, 9.17) is 28.4 Å². The highest BCUT2D eigenvalue weighted by Crippen LogP contribution is 2.81. The van der Waals surface area contributed by atoms with Crippen molar-refractivity contribution in [1.29, 1.82) is 0 Å². The number of quaternary nitrogens is 1. The average molecular weight is 1410 g/mol. The molecule has 26 rings (SSSR count). The SMILES string of the molecule is COC(=O)C1=C2Nc3ccccc3[C@@]23C(C2C[C@]45C(=C(C(=O)OC)C[C@]67CCO[C@H]6[C@@]6(C[C@@H]8C[C@]9%10CCO[C@H]9CCN9CC[C@@]%11(c%12cccc(O)c%12N(C6)[C@@]8%11O)[C@@H]9%10)C[NH+]2[C@@H]74)Nc2ccccc25)=CN2C[C@]4(C[C@@H]5C[C@]67CCO[C@H]6CCN6CC[C@@]8(c9cccc(O)c9N(C4)[C@@]58O)[C@@H]67)[C@@H]4OCC[C@]4(C1)[C@H]23. The summed E-state index contributed by atoms with van der Waals surface area (Å²) >= 11 is 0. The topological polar surface area (TPSA) is 215 Å². The number of carbonyl (C=O) groups is 2. The van der Waals surface area contributed by atoms with E-state index in [-0.39, 0.29) is 101 Å². The molecule has 7 N–H and O–H groups in total. The molecule has 104 heavy (non-hydrogen) atoms. The van der Waals surface area contributed by atoms with Gasteiger partial charge in [0, 0.05) is 146 Å². The Kier molecular flexibility index (Phi) is 10.7. The predicted octanol–water partition coefficient (Wildman–Crippen LogP) is 6.18. The van der Waals surface area contributed by atoms with Gasteiger partial charge in [-0.1, -0.05) is 60.7 Å². The fourth-order valence-electron chi connectivity index (χ4n) is 33.9. The van der Waals surface area contributed by atoms with Crippen molar-refractivity contribution < 1.29 is 63.3 Å². The van der Waals surface area contributed by atoms with E-state index in [0.29, 0.717) is 102 Å². The lowest BCUT2D eigenvalue weighted by atomic mass is 9.43. The Morgan fingerprint density at radius 2 is 1.06 bits per heavy atom. The molecule has 2 saturated carbocycles. The predicted molar refractivity (Wildman–Crippen MR) is 378 cm³/mol. The number of phenols is 2. The van der Waals surface area contributed by atoms with Gasteiger partial charge in [0.2, 0.25) is 0 Å². The second kappa shape index (κ2) is 18.5. The summed E-state index contributed by atoms with van der Waals surface area (Å²) in [5, 5.41) is 63.5. The monoisotopic (exact) mass is 1410 g/mol. The van der Waals surface area contributed by atoms with Gasteiger partial charge >= 0.3 is 11.9 Å². The number of aliphatic hydroxyl groups is 2. The van der Waals surface area contributed by atoms with Crippen LogP contribution in [0.3, 0.4) is 0 Å². The number of anilines is 4. The number of ether oxygens (including phenoxy) is 6. The number of rotatable bonds is 3. The molecule has 20 heteroatoms. The smallest absolute Gasteiger partial charge is 0.335 e. The van der Waals surface area contributed by atoms with Crippen LogP contribution in [0.1, 0.15) is 119 Å². The van der Waals surface area contributed by atoms with Crippen molar-refractivity contribution in [2.45, 2.75) is 184 Å². The van der Waals surface area contributed by atoms with Gasteiger partial charge in [-0.2, -0.15) is 0 Å². The first-order chi connectivity index (χ1) is 50.6. The molecule has 0 bridgehead atoms. The van der Waals surface area contributed by atoms with Crippen molar-refractivity contribution >= 4 is 34.7 Å². The lowest BCUT2D eigenvalue weighted by Gasteiger charge is -2.70. The molecule has 13 saturated heterocycles. The summed E-state index contributed by atoms with van der Waals surface area (Å²) < 4.78 is 41.7. The van der Waals surface area contributed by atoms with Crippen molar-refractivity contribution in [3.05, 3.63) is 141 Å². The van der Waals surface area contributed by atoms with E-state index in [1.807, 2.05) is 24.3 Å². The fraction of sp³-hybridized carbons (Fsp3) is 0.619. The maximum atomic E-state index is 15.8. The minimum Gasteiger partial charge on any atom is -0.506 e. The van der Waals surface area contributed by atoms with Gasteiger partial charge in [0.15, 0.2) is 11.4 Å². The van der Waals surface area contributed by atoms with Crippen molar-refractivity contribution in [3.63, 3.8) is 0 Å². The van der Waals surface area contributed by atoms with Crippen molar-refractivity contribution in [2.24, 2.45) is 44.3 Å². The molecular formula is C84H93N8O12+. The second-order valence-corrected chi connectivity index (χ2v) is 37.7. The normalized spacial score (nSPS) is 49.5. The van der Waals surface area contributed by atoms with Crippen molar-refractivity contribution in [2.75, 3.05) is 113 Å². The number of hydrogen-bond donors (Lipinski definition) is 7. The number of piperidine rings is 6. The highest BCUT2D eigenvalue weighted by molar-refractivity contribution is 5.95.